The number of anilines is 1. The van der Waals surface area contributed by atoms with E-state index in [1.54, 1.807) is 18.2 Å². The molecule has 4 rings (SSSR count). The molecule has 0 aromatic heterocycles. The van der Waals surface area contributed by atoms with Crippen LogP contribution in [0, 0.1) is 19.7 Å². The van der Waals surface area contributed by atoms with Crippen LogP contribution in [0.5, 0.6) is 0 Å². The summed E-state index contributed by atoms with van der Waals surface area (Å²) in [6.45, 7) is 3.85. The van der Waals surface area contributed by atoms with E-state index in [1.165, 1.54) is 28.8 Å². The highest BCUT2D eigenvalue weighted by molar-refractivity contribution is 8.03. The SMILES string of the molecule is Cc1ccc(N2C(=O)C(SCc3ccccc3)=C(c3ccc(F)cc3)C2=O)c(C)c1. The Labute approximate surface area is 179 Å². The number of halogens is 1. The van der Waals surface area contributed by atoms with Crippen LogP contribution in [-0.4, -0.2) is 11.8 Å². The van der Waals surface area contributed by atoms with E-state index in [9.17, 15) is 14.0 Å². The molecule has 0 atom stereocenters. The Morgan fingerprint density at radius 2 is 1.57 bits per heavy atom. The number of carbonyl (C=O) groups excluding carboxylic acids is 2. The monoisotopic (exact) mass is 417 g/mol. The number of aryl methyl sites for hydroxylation is 2. The first-order chi connectivity index (χ1) is 14.5. The Hall–Kier alpha value is -3.18. The maximum atomic E-state index is 13.5. The van der Waals surface area contributed by atoms with E-state index in [0.29, 0.717) is 27.5 Å². The van der Waals surface area contributed by atoms with Crippen LogP contribution in [0.15, 0.2) is 77.7 Å². The van der Waals surface area contributed by atoms with Crippen molar-refractivity contribution in [1.29, 1.82) is 0 Å². The molecule has 3 aromatic rings. The van der Waals surface area contributed by atoms with Crippen LogP contribution in [0.25, 0.3) is 5.57 Å². The Morgan fingerprint density at radius 3 is 2.23 bits per heavy atom. The van der Waals surface area contributed by atoms with Crippen LogP contribution >= 0.6 is 11.8 Å². The van der Waals surface area contributed by atoms with E-state index in [4.69, 9.17) is 0 Å². The first-order valence-corrected chi connectivity index (χ1v) is 10.6. The summed E-state index contributed by atoms with van der Waals surface area (Å²) in [5.41, 5.74) is 4.40. The fourth-order valence-electron chi connectivity index (χ4n) is 3.52. The van der Waals surface area contributed by atoms with Crippen molar-refractivity contribution in [3.8, 4) is 0 Å². The molecule has 3 nitrogen and oxygen atoms in total. The van der Waals surface area contributed by atoms with Crippen LogP contribution in [0.1, 0.15) is 22.3 Å². The van der Waals surface area contributed by atoms with Crippen molar-refractivity contribution in [1.82, 2.24) is 0 Å². The molecule has 150 valence electrons. The van der Waals surface area contributed by atoms with Gasteiger partial charge in [-0.1, -0.05) is 60.2 Å². The quantitative estimate of drug-likeness (QED) is 0.503. The number of hydrogen-bond acceptors (Lipinski definition) is 3. The molecule has 0 saturated carbocycles. The van der Waals surface area contributed by atoms with Crippen LogP contribution in [-0.2, 0) is 15.3 Å². The molecule has 1 aliphatic heterocycles. The molecule has 1 aliphatic rings. The highest BCUT2D eigenvalue weighted by Gasteiger charge is 2.40. The largest absolute Gasteiger partial charge is 0.272 e. The summed E-state index contributed by atoms with van der Waals surface area (Å²) in [5, 5.41) is 0. The van der Waals surface area contributed by atoms with Crippen LogP contribution in [0.2, 0.25) is 0 Å². The third kappa shape index (κ3) is 3.81. The van der Waals surface area contributed by atoms with E-state index in [-0.39, 0.29) is 17.6 Å². The summed E-state index contributed by atoms with van der Waals surface area (Å²) in [7, 11) is 0. The zero-order valence-corrected chi connectivity index (χ0v) is 17.5. The van der Waals surface area contributed by atoms with Gasteiger partial charge >= 0.3 is 0 Å². The smallest absolute Gasteiger partial charge is 0.268 e. The zero-order valence-electron chi connectivity index (χ0n) is 16.7. The minimum atomic E-state index is -0.388. The molecule has 3 aromatic carbocycles. The third-order valence-corrected chi connectivity index (χ3v) is 6.14. The van der Waals surface area contributed by atoms with Gasteiger partial charge in [0.15, 0.2) is 0 Å². The van der Waals surface area contributed by atoms with Gasteiger partial charge in [-0.25, -0.2) is 9.29 Å². The van der Waals surface area contributed by atoms with Crippen LogP contribution in [0.3, 0.4) is 0 Å². The summed E-state index contributed by atoms with van der Waals surface area (Å²) < 4.78 is 13.5. The second-order valence-electron chi connectivity index (χ2n) is 7.22. The summed E-state index contributed by atoms with van der Waals surface area (Å²) in [6, 6.07) is 21.1. The number of benzene rings is 3. The standard InChI is InChI=1S/C25H20FNO2S/c1-16-8-13-21(17(2)14-16)27-24(28)22(19-9-11-20(26)12-10-19)23(25(27)29)30-15-18-6-4-3-5-7-18/h3-14H,15H2,1-2H3. The van der Waals surface area contributed by atoms with Crippen molar-refractivity contribution in [2.75, 3.05) is 4.90 Å². The molecule has 30 heavy (non-hydrogen) atoms. The molecule has 0 aliphatic carbocycles. The minimum Gasteiger partial charge on any atom is -0.268 e. The number of thioether (sulfide) groups is 1. The molecule has 5 heteroatoms. The van der Waals surface area contributed by atoms with E-state index < -0.39 is 0 Å². The molecule has 0 N–H and O–H groups in total. The van der Waals surface area contributed by atoms with E-state index in [1.807, 2.05) is 56.3 Å². The fraction of sp³-hybridized carbons (Fsp3) is 0.120. The van der Waals surface area contributed by atoms with Crippen LogP contribution < -0.4 is 4.90 Å². The van der Waals surface area contributed by atoms with Gasteiger partial charge in [0.1, 0.15) is 5.82 Å². The van der Waals surface area contributed by atoms with Gasteiger partial charge < -0.3 is 0 Å². The van der Waals surface area contributed by atoms with Gasteiger partial charge in [0, 0.05) is 5.75 Å². The van der Waals surface area contributed by atoms with Gasteiger partial charge in [-0.2, -0.15) is 0 Å². The van der Waals surface area contributed by atoms with Crippen molar-refractivity contribution in [2.24, 2.45) is 0 Å². The maximum absolute atomic E-state index is 13.5. The second-order valence-corrected chi connectivity index (χ2v) is 8.21. The summed E-state index contributed by atoms with van der Waals surface area (Å²) in [5.74, 6) is -0.553. The van der Waals surface area contributed by atoms with Gasteiger partial charge in [0.2, 0.25) is 0 Å². The molecule has 2 amide bonds. The Balaban J connectivity index is 1.76. The molecule has 0 radical (unpaired) electrons. The number of hydrogen-bond donors (Lipinski definition) is 0. The topological polar surface area (TPSA) is 37.4 Å². The molecule has 0 fully saturated rings. The first kappa shape index (κ1) is 20.1. The van der Waals surface area contributed by atoms with E-state index >= 15 is 0 Å². The van der Waals surface area contributed by atoms with E-state index in [2.05, 4.69) is 0 Å². The van der Waals surface area contributed by atoms with Gasteiger partial charge in [0.05, 0.1) is 16.2 Å². The molecule has 0 unspecified atom stereocenters. The van der Waals surface area contributed by atoms with Gasteiger partial charge in [-0.3, -0.25) is 9.59 Å². The zero-order chi connectivity index (χ0) is 21.3. The number of imide groups is 1. The lowest BCUT2D eigenvalue weighted by Crippen LogP contribution is -2.32. The van der Waals surface area contributed by atoms with Crippen LogP contribution in [0.4, 0.5) is 10.1 Å². The van der Waals surface area contributed by atoms with Crippen molar-refractivity contribution < 1.29 is 14.0 Å². The predicted molar refractivity (Wildman–Crippen MR) is 119 cm³/mol. The lowest BCUT2D eigenvalue weighted by molar-refractivity contribution is -0.119. The number of carbonyl (C=O) groups is 2. The van der Waals surface area contributed by atoms with Gasteiger partial charge in [0.25, 0.3) is 11.8 Å². The average Bonchev–Trinajstić information content (AvgIpc) is 2.98. The first-order valence-electron chi connectivity index (χ1n) is 9.58. The molecule has 0 saturated heterocycles. The second kappa shape index (κ2) is 8.28. The summed E-state index contributed by atoms with van der Waals surface area (Å²) in [4.78, 5) is 28.4. The maximum Gasteiger partial charge on any atom is 0.272 e. The highest BCUT2D eigenvalue weighted by atomic mass is 32.2. The lowest BCUT2D eigenvalue weighted by Gasteiger charge is -2.18. The molecule has 1 heterocycles. The Kier molecular flexibility index (Phi) is 5.55. The number of nitrogens with zero attached hydrogens (tertiary/aromatic N) is 1. The Morgan fingerprint density at radius 1 is 0.867 bits per heavy atom. The lowest BCUT2D eigenvalue weighted by atomic mass is 10.1. The minimum absolute atomic E-state index is 0.320. The number of amides is 2. The van der Waals surface area contributed by atoms with Crippen molar-refractivity contribution in [3.05, 3.63) is 106 Å². The highest BCUT2D eigenvalue weighted by Crippen LogP contribution is 2.40. The third-order valence-electron chi connectivity index (χ3n) is 4.99. The summed E-state index contributed by atoms with van der Waals surface area (Å²) in [6.07, 6.45) is 0. The van der Waals surface area contributed by atoms with E-state index in [0.717, 1.165) is 16.7 Å². The normalized spacial score (nSPS) is 14.0. The molecule has 0 spiro atoms. The van der Waals surface area contributed by atoms with Crippen molar-refractivity contribution >= 4 is 34.8 Å². The molecule has 0 bridgehead atoms. The van der Waals surface area contributed by atoms with Crippen molar-refractivity contribution in [2.45, 2.75) is 19.6 Å². The molecular formula is C25H20FNO2S. The number of rotatable bonds is 5. The van der Waals surface area contributed by atoms with Gasteiger partial charge in [-0.05, 0) is 48.7 Å². The fourth-order valence-corrected chi connectivity index (χ4v) is 4.59. The Bertz CT molecular complexity index is 1150. The summed E-state index contributed by atoms with van der Waals surface area (Å²) >= 11 is 1.34. The average molecular weight is 418 g/mol. The van der Waals surface area contributed by atoms with Gasteiger partial charge in [-0.15, -0.1) is 11.8 Å². The molecular weight excluding hydrogens is 397 g/mol. The predicted octanol–water partition coefficient (Wildman–Crippen LogP) is 5.66. The van der Waals surface area contributed by atoms with Crippen molar-refractivity contribution in [3.63, 3.8) is 0 Å².